The fourth-order valence-corrected chi connectivity index (χ4v) is 4.69. The van der Waals surface area contributed by atoms with Crippen molar-refractivity contribution in [1.82, 2.24) is 0 Å². The minimum atomic E-state index is -3.25. The van der Waals surface area contributed by atoms with Crippen LogP contribution in [0.3, 0.4) is 0 Å². The van der Waals surface area contributed by atoms with Crippen molar-refractivity contribution in [3.05, 3.63) is 47.0 Å². The molecule has 7 heteroatoms. The number of hydrogen-bond donors (Lipinski definition) is 0. The van der Waals surface area contributed by atoms with Crippen molar-refractivity contribution >= 4 is 27.4 Å². The maximum Gasteiger partial charge on any atom is 0.344 e. The molecule has 1 aliphatic heterocycles. The fourth-order valence-electron chi connectivity index (χ4n) is 2.93. The minimum absolute atomic E-state index is 0.128. The van der Waals surface area contributed by atoms with Crippen molar-refractivity contribution < 1.29 is 22.7 Å². The Labute approximate surface area is 164 Å². The molecule has 2 aromatic carbocycles. The van der Waals surface area contributed by atoms with Crippen LogP contribution >= 0.6 is 11.6 Å². The smallest absolute Gasteiger partial charge is 0.344 e. The molecule has 0 aromatic heterocycles. The van der Waals surface area contributed by atoms with Crippen LogP contribution in [0.4, 0.5) is 0 Å². The Morgan fingerprint density at radius 2 is 1.89 bits per heavy atom. The van der Waals surface area contributed by atoms with Gasteiger partial charge in [-0.2, -0.15) is 0 Å². The number of hydrogen-bond acceptors (Lipinski definition) is 5. The van der Waals surface area contributed by atoms with Crippen molar-refractivity contribution in [2.45, 2.75) is 37.7 Å². The first-order chi connectivity index (χ1) is 12.5. The van der Waals surface area contributed by atoms with E-state index in [1.807, 2.05) is 12.1 Å². The number of aryl methyl sites for hydroxylation is 1. The second-order valence-corrected chi connectivity index (χ2v) is 9.92. The van der Waals surface area contributed by atoms with E-state index in [4.69, 9.17) is 21.1 Å². The highest BCUT2D eigenvalue weighted by Gasteiger charge is 2.27. The molecular weight excluding hydrogens is 388 g/mol. The van der Waals surface area contributed by atoms with Crippen LogP contribution in [0.1, 0.15) is 26.3 Å². The first-order valence-corrected chi connectivity index (χ1v) is 10.6. The summed E-state index contributed by atoms with van der Waals surface area (Å²) < 4.78 is 35.3. The van der Waals surface area contributed by atoms with Gasteiger partial charge in [0.15, 0.2) is 16.4 Å². The number of carbonyl (C=O) groups is 1. The van der Waals surface area contributed by atoms with E-state index in [1.54, 1.807) is 45.0 Å². The van der Waals surface area contributed by atoms with E-state index >= 15 is 0 Å². The van der Waals surface area contributed by atoms with Gasteiger partial charge in [0.25, 0.3) is 0 Å². The Balaban J connectivity index is 1.91. The summed E-state index contributed by atoms with van der Waals surface area (Å²) in [5, 5.41) is 0.484. The van der Waals surface area contributed by atoms with E-state index in [2.05, 4.69) is 0 Å². The predicted octanol–water partition coefficient (Wildman–Crippen LogP) is 4.06. The van der Waals surface area contributed by atoms with Crippen LogP contribution in [0.2, 0.25) is 5.02 Å². The van der Waals surface area contributed by atoms with Crippen LogP contribution in [-0.4, -0.2) is 32.3 Å². The standard InChI is InChI=1S/C20H21ClO5S/c1-20(2,3)26-19(22)12-25-17-7-6-15(21)11-16(17)14-5-4-13-8-9-27(23,24)18(13)10-14/h4-7,10-11H,8-9,12H2,1-3H3. The van der Waals surface area contributed by atoms with Crippen LogP contribution in [0.25, 0.3) is 11.1 Å². The minimum Gasteiger partial charge on any atom is -0.481 e. The fraction of sp³-hybridized carbons (Fsp3) is 0.350. The van der Waals surface area contributed by atoms with Crippen LogP contribution < -0.4 is 4.74 Å². The molecule has 0 N–H and O–H groups in total. The molecule has 0 saturated heterocycles. The molecule has 0 amide bonds. The third kappa shape index (κ3) is 4.62. The molecule has 144 valence electrons. The molecule has 1 aliphatic rings. The van der Waals surface area contributed by atoms with Crippen LogP contribution in [0.15, 0.2) is 41.3 Å². The number of ether oxygens (including phenoxy) is 2. The predicted molar refractivity (Wildman–Crippen MR) is 104 cm³/mol. The molecule has 27 heavy (non-hydrogen) atoms. The highest BCUT2D eigenvalue weighted by atomic mass is 35.5. The summed E-state index contributed by atoms with van der Waals surface area (Å²) in [6.07, 6.45) is 0.523. The summed E-state index contributed by atoms with van der Waals surface area (Å²) in [7, 11) is -3.25. The molecule has 3 rings (SSSR count). The van der Waals surface area contributed by atoms with Gasteiger partial charge in [-0.15, -0.1) is 0 Å². The number of rotatable bonds is 4. The Bertz CT molecular complexity index is 990. The number of halogens is 1. The number of fused-ring (bicyclic) bond motifs is 1. The Hall–Kier alpha value is -2.05. The van der Waals surface area contributed by atoms with Gasteiger partial charge >= 0.3 is 5.97 Å². The molecule has 0 aliphatic carbocycles. The van der Waals surface area contributed by atoms with Gasteiger partial charge in [0.1, 0.15) is 11.4 Å². The van der Waals surface area contributed by atoms with Crippen molar-refractivity contribution in [3.8, 4) is 16.9 Å². The maximum atomic E-state index is 12.2. The highest BCUT2D eigenvalue weighted by Crippen LogP contribution is 2.36. The molecular formula is C20H21ClO5S. The summed E-state index contributed by atoms with van der Waals surface area (Å²) in [6.45, 7) is 5.09. The van der Waals surface area contributed by atoms with Crippen molar-refractivity contribution in [2.75, 3.05) is 12.4 Å². The molecule has 0 saturated carbocycles. The summed E-state index contributed by atoms with van der Waals surface area (Å²) in [5.41, 5.74) is 1.51. The van der Waals surface area contributed by atoms with Crippen LogP contribution in [0, 0.1) is 0 Å². The van der Waals surface area contributed by atoms with Gasteiger partial charge in [0.2, 0.25) is 0 Å². The first kappa shape index (κ1) is 19.7. The maximum absolute atomic E-state index is 12.2. The van der Waals surface area contributed by atoms with E-state index in [1.165, 1.54) is 0 Å². The number of benzene rings is 2. The highest BCUT2D eigenvalue weighted by molar-refractivity contribution is 7.91. The molecule has 0 bridgehead atoms. The largest absolute Gasteiger partial charge is 0.481 e. The molecule has 0 atom stereocenters. The summed E-state index contributed by atoms with van der Waals surface area (Å²) >= 11 is 6.12. The topological polar surface area (TPSA) is 69.7 Å². The summed E-state index contributed by atoms with van der Waals surface area (Å²) in [6, 6.07) is 10.3. The van der Waals surface area contributed by atoms with Gasteiger partial charge in [-0.25, -0.2) is 13.2 Å². The molecule has 2 aromatic rings. The Morgan fingerprint density at radius 3 is 2.59 bits per heavy atom. The Morgan fingerprint density at radius 1 is 1.15 bits per heavy atom. The van der Waals surface area contributed by atoms with Crippen LogP contribution in [-0.2, 0) is 25.8 Å². The average Bonchev–Trinajstić information content (AvgIpc) is 2.87. The normalized spacial score (nSPS) is 15.3. The summed E-state index contributed by atoms with van der Waals surface area (Å²) in [4.78, 5) is 12.3. The lowest BCUT2D eigenvalue weighted by atomic mass is 10.0. The van der Waals surface area contributed by atoms with Gasteiger partial charge in [-0.1, -0.05) is 23.7 Å². The van der Waals surface area contributed by atoms with Crippen molar-refractivity contribution in [3.63, 3.8) is 0 Å². The lowest BCUT2D eigenvalue weighted by Crippen LogP contribution is -2.27. The van der Waals surface area contributed by atoms with E-state index in [9.17, 15) is 13.2 Å². The van der Waals surface area contributed by atoms with Crippen molar-refractivity contribution in [1.29, 1.82) is 0 Å². The zero-order valence-electron chi connectivity index (χ0n) is 15.4. The van der Waals surface area contributed by atoms with E-state index < -0.39 is 21.4 Å². The monoisotopic (exact) mass is 408 g/mol. The van der Waals surface area contributed by atoms with Gasteiger partial charge in [-0.05, 0) is 62.6 Å². The first-order valence-electron chi connectivity index (χ1n) is 8.55. The van der Waals surface area contributed by atoms with Crippen molar-refractivity contribution in [2.24, 2.45) is 0 Å². The molecule has 0 radical (unpaired) electrons. The van der Waals surface area contributed by atoms with E-state index in [0.29, 0.717) is 33.2 Å². The van der Waals surface area contributed by atoms with Gasteiger partial charge in [0, 0.05) is 10.6 Å². The van der Waals surface area contributed by atoms with Crippen LogP contribution in [0.5, 0.6) is 5.75 Å². The lowest BCUT2D eigenvalue weighted by Gasteiger charge is -2.20. The average molecular weight is 409 g/mol. The van der Waals surface area contributed by atoms with Gasteiger partial charge in [-0.3, -0.25) is 0 Å². The third-order valence-corrected chi connectivity index (χ3v) is 6.09. The zero-order valence-corrected chi connectivity index (χ0v) is 17.0. The number of sulfone groups is 1. The van der Waals surface area contributed by atoms with E-state index in [-0.39, 0.29) is 12.4 Å². The van der Waals surface area contributed by atoms with Gasteiger partial charge in [0.05, 0.1) is 10.6 Å². The number of carbonyl (C=O) groups excluding carboxylic acids is 1. The molecule has 0 unspecified atom stereocenters. The third-order valence-electron chi connectivity index (χ3n) is 4.06. The lowest BCUT2D eigenvalue weighted by molar-refractivity contribution is -0.157. The molecule has 0 spiro atoms. The number of esters is 1. The zero-order chi connectivity index (χ0) is 19.8. The molecule has 1 heterocycles. The quantitative estimate of drug-likeness (QED) is 0.713. The summed E-state index contributed by atoms with van der Waals surface area (Å²) in [5.74, 6) is 0.0732. The molecule has 5 nitrogen and oxygen atoms in total. The van der Waals surface area contributed by atoms with Gasteiger partial charge < -0.3 is 9.47 Å². The van der Waals surface area contributed by atoms with E-state index in [0.717, 1.165) is 5.56 Å². The SMILES string of the molecule is CC(C)(C)OC(=O)COc1ccc(Cl)cc1-c1ccc2c(c1)S(=O)(=O)CC2. The molecule has 0 fully saturated rings. The Kier molecular flexibility index (Phi) is 5.23. The second-order valence-electron chi connectivity index (χ2n) is 7.41. The second kappa shape index (κ2) is 7.17.